The molecule has 2 aromatic carbocycles. The highest BCUT2D eigenvalue weighted by Gasteiger charge is 2.22. The number of hydrogen-bond acceptors (Lipinski definition) is 7. The lowest BCUT2D eigenvalue weighted by Gasteiger charge is -2.19. The Labute approximate surface area is 238 Å². The summed E-state index contributed by atoms with van der Waals surface area (Å²) in [5.74, 6) is -2.24. The molecule has 0 saturated heterocycles. The van der Waals surface area contributed by atoms with Crippen molar-refractivity contribution in [3.8, 4) is 11.1 Å². The first-order valence-electron chi connectivity index (χ1n) is 12.2. The predicted molar refractivity (Wildman–Crippen MR) is 156 cm³/mol. The van der Waals surface area contributed by atoms with Crippen molar-refractivity contribution in [1.29, 1.82) is 5.41 Å². The van der Waals surface area contributed by atoms with Crippen LogP contribution >= 0.6 is 0 Å². The highest BCUT2D eigenvalue weighted by Crippen LogP contribution is 2.29. The molecule has 0 radical (unpaired) electrons. The minimum absolute atomic E-state index is 0.0399. The van der Waals surface area contributed by atoms with Crippen molar-refractivity contribution in [3.05, 3.63) is 82.7 Å². The molecule has 0 atom stereocenters. The number of carbonyl (C=O) groups excluding carboxylic acids is 2. The van der Waals surface area contributed by atoms with Crippen LogP contribution in [0, 0.1) is 17.7 Å². The third-order valence-electron chi connectivity index (χ3n) is 5.28. The van der Waals surface area contributed by atoms with Crippen molar-refractivity contribution in [2.75, 3.05) is 18.1 Å². The van der Waals surface area contributed by atoms with E-state index in [1.54, 1.807) is 43.3 Å². The minimum Gasteiger partial charge on any atom is -0.478 e. The standard InChI is InChI=1S/C27H29N5O4.CH4O3S/c1-15-5-11-20(22(31-15)25(34)32-18-9-6-16(7-10-18)23(28)29)19-12-8-17(13-21(19)26(35)36)24(33)30-14-27(2,3)4;1-5(2,3)4/h5-13H,14H2,1-4H3,(H3,28,29)(H,30,33)(H,32,34)(H,35,36);1H3,(H,2,3,4). The summed E-state index contributed by atoms with van der Waals surface area (Å²) in [6.07, 6.45) is 0.715. The molecular formula is C28H33N5O7S. The lowest BCUT2D eigenvalue weighted by atomic mass is 9.94. The number of amidine groups is 1. The first-order chi connectivity index (χ1) is 18.9. The molecule has 0 aliphatic rings. The molecule has 41 heavy (non-hydrogen) atoms. The Morgan fingerprint density at radius 1 is 0.951 bits per heavy atom. The summed E-state index contributed by atoms with van der Waals surface area (Å²) in [5, 5.41) is 22.9. The molecule has 0 bridgehead atoms. The first kappa shape index (κ1) is 32.6. The lowest BCUT2D eigenvalue weighted by molar-refractivity contribution is 0.0697. The van der Waals surface area contributed by atoms with E-state index < -0.39 is 22.0 Å². The molecule has 13 heteroatoms. The second-order valence-corrected chi connectivity index (χ2v) is 11.8. The second-order valence-electron chi connectivity index (χ2n) is 10.3. The minimum atomic E-state index is -3.67. The number of carbonyl (C=O) groups is 3. The smallest absolute Gasteiger partial charge is 0.336 e. The summed E-state index contributed by atoms with van der Waals surface area (Å²) >= 11 is 0. The molecular weight excluding hydrogens is 550 g/mol. The molecule has 12 nitrogen and oxygen atoms in total. The van der Waals surface area contributed by atoms with Gasteiger partial charge in [-0.25, -0.2) is 9.78 Å². The van der Waals surface area contributed by atoms with E-state index in [9.17, 15) is 27.9 Å². The highest BCUT2D eigenvalue weighted by molar-refractivity contribution is 7.85. The third-order valence-corrected chi connectivity index (χ3v) is 5.28. The van der Waals surface area contributed by atoms with Gasteiger partial charge in [0.15, 0.2) is 0 Å². The van der Waals surface area contributed by atoms with Gasteiger partial charge in [-0.05, 0) is 60.4 Å². The highest BCUT2D eigenvalue weighted by atomic mass is 32.2. The molecule has 2 amide bonds. The molecule has 0 spiro atoms. The number of nitrogens with zero attached hydrogens (tertiary/aromatic N) is 1. The SMILES string of the molecule is CS(=O)(=O)O.Cc1ccc(-c2ccc(C(=O)NCC(C)(C)C)cc2C(=O)O)c(C(=O)Nc2ccc(C(=N)N)cc2)n1. The average Bonchev–Trinajstić information content (AvgIpc) is 2.85. The van der Waals surface area contributed by atoms with Crippen molar-refractivity contribution in [2.45, 2.75) is 27.7 Å². The van der Waals surface area contributed by atoms with Gasteiger partial charge in [-0.2, -0.15) is 8.42 Å². The number of hydrogen-bond donors (Lipinski definition) is 6. The maximum atomic E-state index is 13.2. The fraction of sp³-hybridized carbons (Fsp3) is 0.250. The van der Waals surface area contributed by atoms with E-state index in [2.05, 4.69) is 15.6 Å². The Morgan fingerprint density at radius 3 is 2.00 bits per heavy atom. The van der Waals surface area contributed by atoms with Gasteiger partial charge < -0.3 is 21.5 Å². The summed E-state index contributed by atoms with van der Waals surface area (Å²) in [5.41, 5.74) is 7.60. The van der Waals surface area contributed by atoms with E-state index in [1.807, 2.05) is 20.8 Å². The van der Waals surface area contributed by atoms with Crippen LogP contribution in [-0.4, -0.2) is 59.5 Å². The number of rotatable bonds is 7. The number of pyridine rings is 1. The Hall–Kier alpha value is -4.62. The largest absolute Gasteiger partial charge is 0.478 e. The molecule has 218 valence electrons. The normalized spacial score (nSPS) is 11.1. The van der Waals surface area contributed by atoms with Gasteiger partial charge in [-0.1, -0.05) is 32.9 Å². The number of amides is 2. The Kier molecular flexibility index (Phi) is 10.5. The second kappa shape index (κ2) is 13.2. The van der Waals surface area contributed by atoms with Crippen LogP contribution < -0.4 is 16.4 Å². The van der Waals surface area contributed by atoms with Crippen molar-refractivity contribution in [2.24, 2.45) is 11.1 Å². The van der Waals surface area contributed by atoms with Crippen molar-refractivity contribution in [3.63, 3.8) is 0 Å². The van der Waals surface area contributed by atoms with E-state index in [4.69, 9.17) is 15.7 Å². The molecule has 0 unspecified atom stereocenters. The van der Waals surface area contributed by atoms with Crippen LogP contribution in [-0.2, 0) is 10.1 Å². The van der Waals surface area contributed by atoms with Crippen LogP contribution in [0.5, 0.6) is 0 Å². The number of carboxylic acids is 1. The van der Waals surface area contributed by atoms with Gasteiger partial charge in [0.25, 0.3) is 21.9 Å². The number of carboxylic acid groups (broad SMARTS) is 1. The Morgan fingerprint density at radius 2 is 1.49 bits per heavy atom. The van der Waals surface area contributed by atoms with Gasteiger partial charge in [0.1, 0.15) is 11.5 Å². The van der Waals surface area contributed by atoms with E-state index in [-0.39, 0.29) is 39.5 Å². The predicted octanol–water partition coefficient (Wildman–Crippen LogP) is 3.57. The molecule has 3 rings (SSSR count). The molecule has 0 aliphatic heterocycles. The Bertz CT molecular complexity index is 1570. The fourth-order valence-electron chi connectivity index (χ4n) is 3.42. The van der Waals surface area contributed by atoms with E-state index >= 15 is 0 Å². The van der Waals surface area contributed by atoms with E-state index in [0.29, 0.717) is 35.3 Å². The van der Waals surface area contributed by atoms with Crippen LogP contribution in [0.25, 0.3) is 11.1 Å². The van der Waals surface area contributed by atoms with Gasteiger partial charge in [0, 0.05) is 34.6 Å². The number of aryl methyl sites for hydroxylation is 1. The molecule has 0 fully saturated rings. The topological polar surface area (TPSA) is 213 Å². The third kappa shape index (κ3) is 10.5. The lowest BCUT2D eigenvalue weighted by Crippen LogP contribution is -2.32. The number of nitrogens with one attached hydrogen (secondary N) is 3. The quantitative estimate of drug-likeness (QED) is 0.136. The maximum Gasteiger partial charge on any atom is 0.336 e. The number of nitrogen functional groups attached to an aromatic ring is 1. The van der Waals surface area contributed by atoms with Gasteiger partial charge >= 0.3 is 5.97 Å². The number of anilines is 1. The van der Waals surface area contributed by atoms with Crippen LogP contribution in [0.4, 0.5) is 5.69 Å². The summed E-state index contributed by atoms with van der Waals surface area (Å²) in [7, 11) is -3.67. The molecule has 7 N–H and O–H groups in total. The van der Waals surface area contributed by atoms with Crippen molar-refractivity contribution in [1.82, 2.24) is 10.3 Å². The van der Waals surface area contributed by atoms with Crippen LogP contribution in [0.15, 0.2) is 54.6 Å². The zero-order valence-electron chi connectivity index (χ0n) is 23.3. The van der Waals surface area contributed by atoms with Gasteiger partial charge in [-0.3, -0.25) is 19.6 Å². The maximum absolute atomic E-state index is 13.2. The summed E-state index contributed by atoms with van der Waals surface area (Å²) < 4.78 is 25.9. The summed E-state index contributed by atoms with van der Waals surface area (Å²) in [4.78, 5) is 42.3. The van der Waals surface area contributed by atoms with Gasteiger partial charge in [0.05, 0.1) is 11.8 Å². The number of aromatic nitrogens is 1. The molecule has 3 aromatic rings. The number of aromatic carboxylic acids is 1. The summed E-state index contributed by atoms with van der Waals surface area (Å²) in [6, 6.07) is 14.1. The zero-order valence-corrected chi connectivity index (χ0v) is 24.1. The average molecular weight is 584 g/mol. The monoisotopic (exact) mass is 583 g/mol. The molecule has 0 saturated carbocycles. The number of nitrogens with two attached hydrogens (primary N) is 1. The molecule has 1 aromatic heterocycles. The first-order valence-corrected chi connectivity index (χ1v) is 14.0. The van der Waals surface area contributed by atoms with E-state index in [0.717, 1.165) is 0 Å². The zero-order chi connectivity index (χ0) is 31.1. The number of benzene rings is 2. The van der Waals surface area contributed by atoms with Crippen molar-refractivity contribution < 1.29 is 32.5 Å². The molecule has 0 aliphatic carbocycles. The van der Waals surface area contributed by atoms with Crippen LogP contribution in [0.3, 0.4) is 0 Å². The van der Waals surface area contributed by atoms with Crippen molar-refractivity contribution >= 4 is 39.4 Å². The van der Waals surface area contributed by atoms with E-state index in [1.165, 1.54) is 18.2 Å². The summed E-state index contributed by atoms with van der Waals surface area (Å²) in [6.45, 7) is 8.09. The van der Waals surface area contributed by atoms with Crippen LogP contribution in [0.1, 0.15) is 63.2 Å². The molecule has 1 heterocycles. The van der Waals surface area contributed by atoms with Gasteiger partial charge in [0.2, 0.25) is 0 Å². The Balaban J connectivity index is 0.00000108. The van der Waals surface area contributed by atoms with Gasteiger partial charge in [-0.15, -0.1) is 0 Å². The van der Waals surface area contributed by atoms with Crippen LogP contribution in [0.2, 0.25) is 0 Å². The fourth-order valence-corrected chi connectivity index (χ4v) is 3.42.